The van der Waals surface area contributed by atoms with E-state index in [4.69, 9.17) is 4.74 Å². The lowest BCUT2D eigenvalue weighted by molar-refractivity contribution is -0.136. The molecule has 2 amide bonds. The summed E-state index contributed by atoms with van der Waals surface area (Å²) in [4.78, 5) is 24.7. The number of rotatable bonds is 5. The van der Waals surface area contributed by atoms with Crippen molar-refractivity contribution in [2.45, 2.75) is 20.0 Å². The Labute approximate surface area is 144 Å². The second kappa shape index (κ2) is 7.94. The highest BCUT2D eigenvalue weighted by Crippen LogP contribution is 2.25. The summed E-state index contributed by atoms with van der Waals surface area (Å²) >= 11 is 1.41. The quantitative estimate of drug-likeness (QED) is 0.723. The van der Waals surface area contributed by atoms with Crippen LogP contribution in [0.3, 0.4) is 0 Å². The molecule has 6 nitrogen and oxygen atoms in total. The number of hydrogen-bond donors (Lipinski definition) is 3. The Bertz CT molecular complexity index is 742. The molecule has 0 aliphatic carbocycles. The lowest BCUT2D eigenvalue weighted by atomic mass is 10.2. The Hall–Kier alpha value is -2.38. The molecule has 3 N–H and O–H groups in total. The summed E-state index contributed by atoms with van der Waals surface area (Å²) in [5.41, 5.74) is 2.30. The number of aliphatic hydroxyl groups excluding tert-OH is 1. The van der Waals surface area contributed by atoms with Gasteiger partial charge in [0, 0.05) is 11.4 Å². The molecule has 1 unspecified atom stereocenters. The van der Waals surface area contributed by atoms with E-state index in [-0.39, 0.29) is 6.54 Å². The molecule has 0 aliphatic heterocycles. The lowest BCUT2D eigenvalue weighted by Crippen LogP contribution is -2.37. The highest BCUT2D eigenvalue weighted by molar-refractivity contribution is 7.10. The molecule has 7 heteroatoms. The van der Waals surface area contributed by atoms with Crippen molar-refractivity contribution in [3.8, 4) is 5.75 Å². The van der Waals surface area contributed by atoms with Gasteiger partial charge in [-0.2, -0.15) is 0 Å². The molecule has 2 aromatic rings. The summed E-state index contributed by atoms with van der Waals surface area (Å²) in [7, 11) is 1.49. The Morgan fingerprint density at radius 1 is 1.25 bits per heavy atom. The smallest absolute Gasteiger partial charge is 0.313 e. The van der Waals surface area contributed by atoms with Crippen molar-refractivity contribution in [3.63, 3.8) is 0 Å². The second-order valence-electron chi connectivity index (χ2n) is 5.35. The molecule has 1 aromatic heterocycles. The molecule has 24 heavy (non-hydrogen) atoms. The zero-order valence-electron chi connectivity index (χ0n) is 13.8. The number of hydrogen-bond acceptors (Lipinski definition) is 5. The molecule has 2 rings (SSSR count). The zero-order valence-corrected chi connectivity index (χ0v) is 14.6. The number of thiophene rings is 1. The van der Waals surface area contributed by atoms with E-state index in [1.807, 2.05) is 31.4 Å². The lowest BCUT2D eigenvalue weighted by Gasteiger charge is -2.13. The monoisotopic (exact) mass is 348 g/mol. The minimum Gasteiger partial charge on any atom is -0.495 e. The van der Waals surface area contributed by atoms with E-state index in [0.29, 0.717) is 11.4 Å². The number of aryl methyl sites for hydroxylation is 2. The van der Waals surface area contributed by atoms with E-state index in [2.05, 4.69) is 10.6 Å². The molecule has 128 valence electrons. The Balaban J connectivity index is 1.94. The largest absolute Gasteiger partial charge is 0.495 e. The number of amides is 2. The summed E-state index contributed by atoms with van der Waals surface area (Å²) in [6.45, 7) is 3.72. The van der Waals surface area contributed by atoms with Gasteiger partial charge in [0.15, 0.2) is 0 Å². The van der Waals surface area contributed by atoms with Crippen LogP contribution in [0.1, 0.15) is 22.1 Å². The molecule has 1 atom stereocenters. The number of nitrogens with one attached hydrogen (secondary N) is 2. The van der Waals surface area contributed by atoms with Crippen LogP contribution >= 0.6 is 11.3 Å². The average Bonchev–Trinajstić information content (AvgIpc) is 2.98. The highest BCUT2D eigenvalue weighted by atomic mass is 32.1. The number of ether oxygens (including phenoxy) is 1. The number of aliphatic hydroxyl groups is 1. The molecule has 0 bridgehead atoms. The molecular formula is C17H20N2O4S. The van der Waals surface area contributed by atoms with Crippen LogP contribution in [0.4, 0.5) is 5.69 Å². The number of methoxy groups -OCH3 is 1. The van der Waals surface area contributed by atoms with Crippen LogP contribution in [0.2, 0.25) is 0 Å². The third-order valence-electron chi connectivity index (χ3n) is 3.47. The maximum absolute atomic E-state index is 12.0. The van der Waals surface area contributed by atoms with Gasteiger partial charge in [0.1, 0.15) is 11.9 Å². The summed E-state index contributed by atoms with van der Waals surface area (Å²) in [6, 6.07) is 7.16. The van der Waals surface area contributed by atoms with Gasteiger partial charge in [-0.1, -0.05) is 6.07 Å². The predicted octanol–water partition coefficient (Wildman–Crippen LogP) is 2.16. The number of carbonyl (C=O) groups excluding carboxylic acids is 2. The fraction of sp³-hybridized carbons (Fsp3) is 0.294. The van der Waals surface area contributed by atoms with E-state index in [9.17, 15) is 14.7 Å². The topological polar surface area (TPSA) is 87.7 Å². The molecular weight excluding hydrogens is 328 g/mol. The van der Waals surface area contributed by atoms with Crippen LogP contribution < -0.4 is 15.4 Å². The van der Waals surface area contributed by atoms with E-state index in [1.165, 1.54) is 18.4 Å². The molecule has 0 saturated heterocycles. The maximum Gasteiger partial charge on any atom is 0.313 e. The normalized spacial score (nSPS) is 11.7. The van der Waals surface area contributed by atoms with E-state index >= 15 is 0 Å². The van der Waals surface area contributed by atoms with Crippen LogP contribution in [0, 0.1) is 13.8 Å². The first-order chi connectivity index (χ1) is 11.4. The SMILES string of the molecule is COc1ccc(C)cc1NC(=O)C(=O)NCC(O)c1sccc1C. The van der Waals surface area contributed by atoms with Crippen molar-refractivity contribution < 1.29 is 19.4 Å². The molecule has 0 spiro atoms. The number of anilines is 1. The first kappa shape index (κ1) is 18.0. The Kier molecular flexibility index (Phi) is 5.94. The molecule has 0 saturated carbocycles. The Morgan fingerprint density at radius 3 is 2.62 bits per heavy atom. The van der Waals surface area contributed by atoms with Crippen molar-refractivity contribution >= 4 is 28.8 Å². The molecule has 1 aromatic carbocycles. The number of carbonyl (C=O) groups is 2. The van der Waals surface area contributed by atoms with E-state index < -0.39 is 17.9 Å². The summed E-state index contributed by atoms with van der Waals surface area (Å²) in [5.74, 6) is -1.16. The van der Waals surface area contributed by atoms with Crippen molar-refractivity contribution in [2.75, 3.05) is 19.0 Å². The fourth-order valence-corrected chi connectivity index (χ4v) is 3.10. The zero-order chi connectivity index (χ0) is 17.7. The first-order valence-electron chi connectivity index (χ1n) is 7.38. The van der Waals surface area contributed by atoms with Crippen molar-refractivity contribution in [1.29, 1.82) is 0 Å². The van der Waals surface area contributed by atoms with Gasteiger partial charge in [-0.3, -0.25) is 9.59 Å². The van der Waals surface area contributed by atoms with Crippen molar-refractivity contribution in [3.05, 3.63) is 45.6 Å². The third-order valence-corrected chi connectivity index (χ3v) is 4.59. The molecule has 0 fully saturated rings. The van der Waals surface area contributed by atoms with E-state index in [0.717, 1.165) is 16.0 Å². The van der Waals surface area contributed by atoms with Gasteiger partial charge in [0.25, 0.3) is 0 Å². The van der Waals surface area contributed by atoms with Gasteiger partial charge >= 0.3 is 11.8 Å². The minimum atomic E-state index is -0.838. The van der Waals surface area contributed by atoms with Crippen molar-refractivity contribution in [2.24, 2.45) is 0 Å². The van der Waals surface area contributed by atoms with Gasteiger partial charge in [-0.25, -0.2) is 0 Å². The number of benzene rings is 1. The highest BCUT2D eigenvalue weighted by Gasteiger charge is 2.18. The van der Waals surface area contributed by atoms with Crippen LogP contribution in [-0.2, 0) is 9.59 Å². The van der Waals surface area contributed by atoms with Crippen LogP contribution in [0.25, 0.3) is 0 Å². The van der Waals surface area contributed by atoms with Crippen LogP contribution in [0.5, 0.6) is 5.75 Å². The first-order valence-corrected chi connectivity index (χ1v) is 8.26. The molecule has 1 heterocycles. The van der Waals surface area contributed by atoms with Gasteiger partial charge in [0.2, 0.25) is 0 Å². The van der Waals surface area contributed by atoms with Crippen LogP contribution in [-0.4, -0.2) is 30.6 Å². The van der Waals surface area contributed by atoms with Gasteiger partial charge in [-0.05, 0) is 48.6 Å². The predicted molar refractivity (Wildman–Crippen MR) is 93.4 cm³/mol. The molecule has 0 aliphatic rings. The van der Waals surface area contributed by atoms with Crippen LogP contribution in [0.15, 0.2) is 29.6 Å². The third kappa shape index (κ3) is 4.33. The standard InChI is InChI=1S/C17H20N2O4S/c1-10-4-5-14(23-3)12(8-10)19-17(22)16(21)18-9-13(20)15-11(2)6-7-24-15/h4-8,13,20H,9H2,1-3H3,(H,18,21)(H,19,22). The van der Waals surface area contributed by atoms with Gasteiger partial charge in [0.05, 0.1) is 12.8 Å². The maximum atomic E-state index is 12.0. The average molecular weight is 348 g/mol. The summed E-state index contributed by atoms with van der Waals surface area (Å²) in [5, 5.41) is 16.9. The van der Waals surface area contributed by atoms with E-state index in [1.54, 1.807) is 12.1 Å². The minimum absolute atomic E-state index is 0.0292. The van der Waals surface area contributed by atoms with Gasteiger partial charge in [-0.15, -0.1) is 11.3 Å². The molecule has 0 radical (unpaired) electrons. The van der Waals surface area contributed by atoms with Crippen molar-refractivity contribution in [1.82, 2.24) is 5.32 Å². The summed E-state index contributed by atoms with van der Waals surface area (Å²) < 4.78 is 5.16. The second-order valence-corrected chi connectivity index (χ2v) is 6.30. The Morgan fingerprint density at radius 2 is 2.00 bits per heavy atom. The summed E-state index contributed by atoms with van der Waals surface area (Å²) in [6.07, 6.45) is -0.838. The fourth-order valence-electron chi connectivity index (χ4n) is 2.19. The van der Waals surface area contributed by atoms with Gasteiger partial charge < -0.3 is 20.5 Å².